The van der Waals surface area contributed by atoms with Crippen molar-refractivity contribution >= 4 is 12.3 Å². The predicted molar refractivity (Wildman–Crippen MR) is 92.7 cm³/mol. The Morgan fingerprint density at radius 3 is 2.62 bits per heavy atom. The van der Waals surface area contributed by atoms with Crippen LogP contribution in [0.1, 0.15) is 61.5 Å². The molecular weight excluding hydrogens is 302 g/mol. The van der Waals surface area contributed by atoms with Crippen molar-refractivity contribution in [2.75, 3.05) is 6.61 Å². The number of fused-ring (bicyclic) bond motifs is 1. The second-order valence-electron chi connectivity index (χ2n) is 6.52. The topological polar surface area (TPSA) is 59.2 Å². The van der Waals surface area contributed by atoms with Gasteiger partial charge >= 0.3 is 5.97 Å². The molecule has 0 amide bonds. The summed E-state index contributed by atoms with van der Waals surface area (Å²) in [4.78, 5) is 26.4. The Morgan fingerprint density at radius 2 is 1.92 bits per heavy atom. The van der Waals surface area contributed by atoms with Crippen LogP contribution in [0.15, 0.2) is 18.3 Å². The molecule has 0 atom stereocenters. The molecule has 4 nitrogen and oxygen atoms in total. The minimum absolute atomic E-state index is 0.267. The summed E-state index contributed by atoms with van der Waals surface area (Å²) in [5.41, 5.74) is 6.76. The van der Waals surface area contributed by atoms with Gasteiger partial charge in [-0.05, 0) is 67.3 Å². The summed E-state index contributed by atoms with van der Waals surface area (Å²) in [6.45, 7) is 4.20. The summed E-state index contributed by atoms with van der Waals surface area (Å²) in [5.74, 6) is -0.267. The van der Waals surface area contributed by atoms with Gasteiger partial charge in [0.15, 0.2) is 6.29 Å². The molecule has 0 saturated carbocycles. The number of aromatic amines is 1. The first-order valence-electron chi connectivity index (χ1n) is 8.51. The first-order chi connectivity index (χ1) is 11.6. The quantitative estimate of drug-likeness (QED) is 0.673. The maximum absolute atomic E-state index is 12.3. The SMILES string of the molecule is Cc1cc(CCOC(=O)c2[nH]cc3c2CCCC3)cc(C)c1C=O. The van der Waals surface area contributed by atoms with Gasteiger partial charge in [0.05, 0.1) is 6.61 Å². The fourth-order valence-corrected chi connectivity index (χ4v) is 3.53. The monoisotopic (exact) mass is 325 g/mol. The number of aldehydes is 1. The van der Waals surface area contributed by atoms with Gasteiger partial charge in [-0.25, -0.2) is 4.79 Å². The minimum atomic E-state index is -0.267. The number of rotatable bonds is 5. The van der Waals surface area contributed by atoms with E-state index in [0.717, 1.165) is 53.4 Å². The molecule has 1 aromatic heterocycles. The van der Waals surface area contributed by atoms with Crippen molar-refractivity contribution in [2.45, 2.75) is 46.0 Å². The highest BCUT2D eigenvalue weighted by atomic mass is 16.5. The summed E-state index contributed by atoms with van der Waals surface area (Å²) in [6.07, 6.45) is 7.80. The van der Waals surface area contributed by atoms with Crippen LogP contribution in [0.4, 0.5) is 0 Å². The molecule has 0 spiro atoms. The average molecular weight is 325 g/mol. The van der Waals surface area contributed by atoms with E-state index in [0.29, 0.717) is 18.7 Å². The number of carbonyl (C=O) groups is 2. The lowest BCUT2D eigenvalue weighted by Gasteiger charge is -2.12. The number of aryl methyl sites for hydroxylation is 3. The normalized spacial score (nSPS) is 13.4. The van der Waals surface area contributed by atoms with Crippen molar-refractivity contribution in [3.8, 4) is 0 Å². The van der Waals surface area contributed by atoms with Gasteiger partial charge in [-0.1, -0.05) is 12.1 Å². The summed E-state index contributed by atoms with van der Waals surface area (Å²) >= 11 is 0. The second kappa shape index (κ2) is 7.04. The molecule has 0 unspecified atom stereocenters. The second-order valence-corrected chi connectivity index (χ2v) is 6.52. The van der Waals surface area contributed by atoms with Gasteiger partial charge in [-0.2, -0.15) is 0 Å². The number of nitrogens with one attached hydrogen (secondary N) is 1. The van der Waals surface area contributed by atoms with Crippen molar-refractivity contribution in [3.05, 3.63) is 57.4 Å². The van der Waals surface area contributed by atoms with Gasteiger partial charge in [-0.3, -0.25) is 4.79 Å². The third kappa shape index (κ3) is 3.28. The molecule has 0 bridgehead atoms. The molecule has 0 aliphatic heterocycles. The minimum Gasteiger partial charge on any atom is -0.461 e. The lowest BCUT2D eigenvalue weighted by molar-refractivity contribution is 0.0501. The summed E-state index contributed by atoms with van der Waals surface area (Å²) in [5, 5.41) is 0. The predicted octanol–water partition coefficient (Wildman–Crippen LogP) is 3.72. The Kier molecular flexibility index (Phi) is 4.84. The Hall–Kier alpha value is -2.36. The van der Waals surface area contributed by atoms with E-state index >= 15 is 0 Å². The van der Waals surface area contributed by atoms with E-state index in [-0.39, 0.29) is 5.97 Å². The van der Waals surface area contributed by atoms with Crippen molar-refractivity contribution < 1.29 is 14.3 Å². The number of benzene rings is 1. The smallest absolute Gasteiger partial charge is 0.355 e. The van der Waals surface area contributed by atoms with E-state index in [9.17, 15) is 9.59 Å². The Bertz CT molecular complexity index is 750. The first kappa shape index (κ1) is 16.5. The molecular formula is C20H23NO3. The van der Waals surface area contributed by atoms with E-state index in [1.165, 1.54) is 12.0 Å². The van der Waals surface area contributed by atoms with Crippen LogP contribution >= 0.6 is 0 Å². The highest BCUT2D eigenvalue weighted by Gasteiger charge is 2.20. The van der Waals surface area contributed by atoms with Crippen LogP contribution in [0.2, 0.25) is 0 Å². The molecule has 0 saturated heterocycles. The third-order valence-corrected chi connectivity index (χ3v) is 4.80. The average Bonchev–Trinajstić information content (AvgIpc) is 2.98. The molecule has 126 valence electrons. The van der Waals surface area contributed by atoms with E-state index in [1.807, 2.05) is 32.2 Å². The Morgan fingerprint density at radius 1 is 1.21 bits per heavy atom. The molecule has 0 fully saturated rings. The van der Waals surface area contributed by atoms with Gasteiger partial charge in [-0.15, -0.1) is 0 Å². The van der Waals surface area contributed by atoms with Crippen LogP contribution in [0, 0.1) is 13.8 Å². The van der Waals surface area contributed by atoms with Crippen LogP contribution in [0.25, 0.3) is 0 Å². The van der Waals surface area contributed by atoms with Crippen molar-refractivity contribution in [2.24, 2.45) is 0 Å². The molecule has 1 aromatic carbocycles. The zero-order valence-corrected chi connectivity index (χ0v) is 14.3. The number of H-pyrrole nitrogens is 1. The van der Waals surface area contributed by atoms with Crippen molar-refractivity contribution in [1.82, 2.24) is 4.98 Å². The van der Waals surface area contributed by atoms with Crippen LogP contribution in [0.3, 0.4) is 0 Å². The highest BCUT2D eigenvalue weighted by Crippen LogP contribution is 2.24. The maximum atomic E-state index is 12.3. The molecule has 1 heterocycles. The summed E-state index contributed by atoms with van der Waals surface area (Å²) in [7, 11) is 0. The van der Waals surface area contributed by atoms with Gasteiger partial charge in [0.25, 0.3) is 0 Å². The van der Waals surface area contributed by atoms with E-state index < -0.39 is 0 Å². The maximum Gasteiger partial charge on any atom is 0.355 e. The lowest BCUT2D eigenvalue weighted by atomic mass is 9.94. The van der Waals surface area contributed by atoms with E-state index in [1.54, 1.807) is 0 Å². The number of hydrogen-bond acceptors (Lipinski definition) is 3. The van der Waals surface area contributed by atoms with Gasteiger partial charge in [0, 0.05) is 18.2 Å². The molecule has 4 heteroatoms. The molecule has 0 radical (unpaired) electrons. The fraction of sp³-hybridized carbons (Fsp3) is 0.400. The Balaban J connectivity index is 1.61. The van der Waals surface area contributed by atoms with Gasteiger partial charge < -0.3 is 9.72 Å². The fourth-order valence-electron chi connectivity index (χ4n) is 3.53. The van der Waals surface area contributed by atoms with Crippen LogP contribution in [-0.2, 0) is 24.0 Å². The molecule has 1 aliphatic carbocycles. The summed E-state index contributed by atoms with van der Waals surface area (Å²) in [6, 6.07) is 3.97. The largest absolute Gasteiger partial charge is 0.461 e. The highest BCUT2D eigenvalue weighted by molar-refractivity contribution is 5.89. The number of ether oxygens (including phenoxy) is 1. The van der Waals surface area contributed by atoms with Gasteiger partial charge in [0.1, 0.15) is 5.69 Å². The molecule has 1 N–H and O–H groups in total. The van der Waals surface area contributed by atoms with E-state index in [2.05, 4.69) is 4.98 Å². The number of aromatic nitrogens is 1. The van der Waals surface area contributed by atoms with Crippen molar-refractivity contribution in [1.29, 1.82) is 0 Å². The molecule has 1 aliphatic rings. The Labute approximate surface area is 142 Å². The van der Waals surface area contributed by atoms with Crippen molar-refractivity contribution in [3.63, 3.8) is 0 Å². The first-order valence-corrected chi connectivity index (χ1v) is 8.51. The molecule has 24 heavy (non-hydrogen) atoms. The molecule has 2 aromatic rings. The van der Waals surface area contributed by atoms with Gasteiger partial charge in [0.2, 0.25) is 0 Å². The van der Waals surface area contributed by atoms with Crippen LogP contribution in [-0.4, -0.2) is 23.8 Å². The third-order valence-electron chi connectivity index (χ3n) is 4.80. The lowest BCUT2D eigenvalue weighted by Crippen LogP contribution is -2.12. The van der Waals surface area contributed by atoms with Crippen LogP contribution in [0.5, 0.6) is 0 Å². The van der Waals surface area contributed by atoms with Crippen LogP contribution < -0.4 is 0 Å². The zero-order valence-electron chi connectivity index (χ0n) is 14.3. The number of esters is 1. The van der Waals surface area contributed by atoms with E-state index in [4.69, 9.17) is 4.74 Å². The summed E-state index contributed by atoms with van der Waals surface area (Å²) < 4.78 is 5.45. The standard InChI is InChI=1S/C20H23NO3/c1-13-9-15(10-14(2)18(13)12-22)7-8-24-20(23)19-17-6-4-3-5-16(17)11-21-19/h9-12,21H,3-8H2,1-2H3. The number of hydrogen-bond donors (Lipinski definition) is 1. The molecule has 3 rings (SSSR count). The zero-order chi connectivity index (χ0) is 17.1. The number of carbonyl (C=O) groups excluding carboxylic acids is 2.